The summed E-state index contributed by atoms with van der Waals surface area (Å²) in [5.41, 5.74) is 4.59. The lowest BCUT2D eigenvalue weighted by Crippen LogP contribution is -2.48. The molecular weight excluding hydrogens is 415 g/mol. The molecule has 0 aliphatic carbocycles. The van der Waals surface area contributed by atoms with E-state index < -0.39 is 17.9 Å². The number of halogens is 2. The fraction of sp³-hybridized carbons (Fsp3) is 0.143. The van der Waals surface area contributed by atoms with Gasteiger partial charge in [0, 0.05) is 10.4 Å². The first kappa shape index (κ1) is 20.8. The zero-order valence-electron chi connectivity index (χ0n) is 15.4. The van der Waals surface area contributed by atoms with E-state index in [2.05, 4.69) is 10.9 Å². The average molecular weight is 433 g/mol. The van der Waals surface area contributed by atoms with E-state index in [1.165, 1.54) is 13.0 Å². The highest BCUT2D eigenvalue weighted by Crippen LogP contribution is 2.28. The maximum absolute atomic E-state index is 12.1. The summed E-state index contributed by atoms with van der Waals surface area (Å²) in [7, 11) is 0. The molecule has 0 heterocycles. The molecule has 0 bridgehead atoms. The van der Waals surface area contributed by atoms with Crippen molar-refractivity contribution in [2.75, 3.05) is 6.61 Å². The Bertz CT molecular complexity index is 1040. The molecule has 1 atom stereocenters. The zero-order chi connectivity index (χ0) is 20.8. The fourth-order valence-electron chi connectivity index (χ4n) is 2.55. The average Bonchev–Trinajstić information content (AvgIpc) is 2.72. The second-order valence-electron chi connectivity index (χ2n) is 6.14. The highest BCUT2D eigenvalue weighted by molar-refractivity contribution is 6.35. The van der Waals surface area contributed by atoms with Gasteiger partial charge in [-0.1, -0.05) is 59.6 Å². The highest BCUT2D eigenvalue weighted by Gasteiger charge is 2.17. The van der Waals surface area contributed by atoms with E-state index in [9.17, 15) is 9.59 Å². The van der Waals surface area contributed by atoms with Crippen LogP contribution in [0.1, 0.15) is 6.92 Å². The van der Waals surface area contributed by atoms with Gasteiger partial charge in [0.05, 0.1) is 5.02 Å². The van der Waals surface area contributed by atoms with Gasteiger partial charge < -0.3 is 9.47 Å². The molecule has 1 unspecified atom stereocenters. The van der Waals surface area contributed by atoms with Crippen LogP contribution in [0.2, 0.25) is 10.0 Å². The lowest BCUT2D eigenvalue weighted by Gasteiger charge is -2.16. The molecule has 3 aromatic carbocycles. The van der Waals surface area contributed by atoms with Crippen molar-refractivity contribution < 1.29 is 19.1 Å². The summed E-state index contributed by atoms with van der Waals surface area (Å²) in [6.45, 7) is 1.27. The van der Waals surface area contributed by atoms with Crippen LogP contribution in [-0.4, -0.2) is 24.5 Å². The van der Waals surface area contributed by atoms with Gasteiger partial charge in [-0.3, -0.25) is 20.4 Å². The minimum Gasteiger partial charge on any atom is -0.483 e. The Morgan fingerprint density at radius 2 is 1.72 bits per heavy atom. The smallest absolute Gasteiger partial charge is 0.279 e. The zero-order valence-corrected chi connectivity index (χ0v) is 17.0. The number of nitrogens with one attached hydrogen (secondary N) is 2. The third-order valence-electron chi connectivity index (χ3n) is 4.00. The van der Waals surface area contributed by atoms with E-state index in [0.29, 0.717) is 16.5 Å². The van der Waals surface area contributed by atoms with Crippen LogP contribution in [0.5, 0.6) is 11.5 Å². The number of benzene rings is 3. The standard InChI is InChI=1S/C21H18Cl2N2O4/c1-13(29-19-10-9-15(22)11-17(19)23)21(27)25-24-20(26)12-28-18-8-4-6-14-5-2-3-7-16(14)18/h2-11,13H,12H2,1H3,(H,24,26)(H,25,27). The highest BCUT2D eigenvalue weighted by atomic mass is 35.5. The van der Waals surface area contributed by atoms with Gasteiger partial charge in [-0.25, -0.2) is 0 Å². The molecule has 29 heavy (non-hydrogen) atoms. The number of carbonyl (C=O) groups is 2. The van der Waals surface area contributed by atoms with Gasteiger partial charge in [0.25, 0.3) is 11.8 Å². The van der Waals surface area contributed by atoms with Crippen LogP contribution < -0.4 is 20.3 Å². The first-order valence-electron chi connectivity index (χ1n) is 8.75. The lowest BCUT2D eigenvalue weighted by atomic mass is 10.1. The van der Waals surface area contributed by atoms with Crippen LogP contribution in [0.3, 0.4) is 0 Å². The summed E-state index contributed by atoms with van der Waals surface area (Å²) in [6, 6.07) is 17.9. The van der Waals surface area contributed by atoms with Crippen molar-refractivity contribution in [2.24, 2.45) is 0 Å². The molecular formula is C21H18Cl2N2O4. The number of ether oxygens (including phenoxy) is 2. The number of fused-ring (bicyclic) bond motifs is 1. The van der Waals surface area contributed by atoms with E-state index in [1.54, 1.807) is 18.2 Å². The molecule has 0 saturated heterocycles. The fourth-order valence-corrected chi connectivity index (χ4v) is 3.00. The monoisotopic (exact) mass is 432 g/mol. The van der Waals surface area contributed by atoms with Crippen LogP contribution in [0.4, 0.5) is 0 Å². The molecule has 2 N–H and O–H groups in total. The number of amides is 2. The van der Waals surface area contributed by atoms with E-state index in [1.807, 2.05) is 36.4 Å². The minimum absolute atomic E-state index is 0.257. The quantitative estimate of drug-likeness (QED) is 0.573. The predicted molar refractivity (Wildman–Crippen MR) is 112 cm³/mol. The SMILES string of the molecule is CC(Oc1ccc(Cl)cc1Cl)C(=O)NNC(=O)COc1cccc2ccccc12. The van der Waals surface area contributed by atoms with Crippen LogP contribution in [-0.2, 0) is 9.59 Å². The van der Waals surface area contributed by atoms with Crippen LogP contribution in [0, 0.1) is 0 Å². The van der Waals surface area contributed by atoms with Gasteiger partial charge >= 0.3 is 0 Å². The van der Waals surface area contributed by atoms with Gasteiger partial charge in [0.15, 0.2) is 12.7 Å². The first-order chi connectivity index (χ1) is 13.9. The Labute approximate surface area is 177 Å². The van der Waals surface area contributed by atoms with Crippen molar-refractivity contribution in [3.63, 3.8) is 0 Å². The molecule has 3 rings (SSSR count). The Hall–Kier alpha value is -2.96. The summed E-state index contributed by atoms with van der Waals surface area (Å²) in [5.74, 6) is -0.166. The lowest BCUT2D eigenvalue weighted by molar-refractivity contribution is -0.133. The molecule has 0 aliphatic rings. The number of carbonyl (C=O) groups excluding carboxylic acids is 2. The van der Waals surface area contributed by atoms with Crippen molar-refractivity contribution in [3.8, 4) is 11.5 Å². The van der Waals surface area contributed by atoms with E-state index in [4.69, 9.17) is 32.7 Å². The second-order valence-corrected chi connectivity index (χ2v) is 6.98. The summed E-state index contributed by atoms with van der Waals surface area (Å²) in [4.78, 5) is 24.1. The van der Waals surface area contributed by atoms with Crippen LogP contribution in [0.25, 0.3) is 10.8 Å². The van der Waals surface area contributed by atoms with Gasteiger partial charge in [-0.05, 0) is 36.6 Å². The van der Waals surface area contributed by atoms with E-state index in [-0.39, 0.29) is 11.6 Å². The molecule has 0 fully saturated rings. The maximum atomic E-state index is 12.1. The summed E-state index contributed by atoms with van der Waals surface area (Å²) in [5, 5.41) is 2.64. The van der Waals surface area contributed by atoms with Gasteiger partial charge in [0.2, 0.25) is 0 Å². The first-order valence-corrected chi connectivity index (χ1v) is 9.50. The predicted octanol–water partition coefficient (Wildman–Crippen LogP) is 4.14. The number of hydrogen-bond donors (Lipinski definition) is 2. The molecule has 8 heteroatoms. The number of rotatable bonds is 6. The normalized spacial score (nSPS) is 11.6. The molecule has 0 aliphatic heterocycles. The third kappa shape index (κ3) is 5.53. The second kappa shape index (κ2) is 9.49. The number of hydrazine groups is 1. The summed E-state index contributed by atoms with van der Waals surface area (Å²) < 4.78 is 11.1. The van der Waals surface area contributed by atoms with Crippen LogP contribution >= 0.6 is 23.2 Å². The van der Waals surface area contributed by atoms with Crippen molar-refractivity contribution in [1.29, 1.82) is 0 Å². The van der Waals surface area contributed by atoms with Crippen LogP contribution in [0.15, 0.2) is 60.7 Å². The molecule has 0 aromatic heterocycles. The van der Waals surface area contributed by atoms with Gasteiger partial charge in [-0.2, -0.15) is 0 Å². The minimum atomic E-state index is -0.895. The largest absolute Gasteiger partial charge is 0.483 e. The van der Waals surface area contributed by atoms with Crippen molar-refractivity contribution >= 4 is 45.8 Å². The Morgan fingerprint density at radius 1 is 0.966 bits per heavy atom. The number of hydrogen-bond acceptors (Lipinski definition) is 4. The van der Waals surface area contributed by atoms with Crippen molar-refractivity contribution in [3.05, 3.63) is 70.7 Å². The van der Waals surface area contributed by atoms with Gasteiger partial charge in [-0.15, -0.1) is 0 Å². The van der Waals surface area contributed by atoms with E-state index >= 15 is 0 Å². The summed E-state index contributed by atoms with van der Waals surface area (Å²) >= 11 is 11.8. The molecule has 0 radical (unpaired) electrons. The molecule has 150 valence electrons. The van der Waals surface area contributed by atoms with Gasteiger partial charge in [0.1, 0.15) is 11.5 Å². The van der Waals surface area contributed by atoms with Crippen molar-refractivity contribution in [2.45, 2.75) is 13.0 Å². The maximum Gasteiger partial charge on any atom is 0.279 e. The topological polar surface area (TPSA) is 76.7 Å². The molecule has 2 amide bonds. The molecule has 6 nitrogen and oxygen atoms in total. The molecule has 3 aromatic rings. The van der Waals surface area contributed by atoms with E-state index in [0.717, 1.165) is 10.8 Å². The van der Waals surface area contributed by atoms with Crippen molar-refractivity contribution in [1.82, 2.24) is 10.9 Å². The third-order valence-corrected chi connectivity index (χ3v) is 4.53. The Balaban J connectivity index is 1.49. The molecule has 0 spiro atoms. The summed E-state index contributed by atoms with van der Waals surface area (Å²) in [6.07, 6.45) is -0.895. The Morgan fingerprint density at radius 3 is 2.52 bits per heavy atom. The molecule has 0 saturated carbocycles. The Kier molecular flexibility index (Phi) is 6.80.